The standard InChI is InChI=1S/C18H19FN2O2S/c1-13(14-5-3-2-4-6-14)20-17(22)11-24-12-18(23)21-16-9-7-15(19)8-10-16/h2-10,13H,11-12H2,1H3,(H,20,22)(H,21,23)/t13-/m1/s1. The van der Waals surface area contributed by atoms with Crippen LogP contribution in [0.5, 0.6) is 0 Å². The van der Waals surface area contributed by atoms with Gasteiger partial charge in [0, 0.05) is 5.69 Å². The Bertz CT molecular complexity index is 677. The second-order valence-electron chi connectivity index (χ2n) is 5.25. The normalized spacial score (nSPS) is 11.6. The van der Waals surface area contributed by atoms with E-state index in [0.29, 0.717) is 5.69 Å². The molecule has 0 aliphatic carbocycles. The van der Waals surface area contributed by atoms with Gasteiger partial charge in [-0.3, -0.25) is 9.59 Å². The fourth-order valence-corrected chi connectivity index (χ4v) is 2.70. The van der Waals surface area contributed by atoms with Gasteiger partial charge in [0.05, 0.1) is 17.5 Å². The molecule has 0 heterocycles. The maximum absolute atomic E-state index is 12.8. The second-order valence-corrected chi connectivity index (χ2v) is 6.23. The zero-order chi connectivity index (χ0) is 17.4. The molecular weight excluding hydrogens is 327 g/mol. The highest BCUT2D eigenvalue weighted by Crippen LogP contribution is 2.12. The van der Waals surface area contributed by atoms with Gasteiger partial charge >= 0.3 is 0 Å². The minimum absolute atomic E-state index is 0.0765. The number of hydrogen-bond donors (Lipinski definition) is 2. The molecule has 0 aliphatic heterocycles. The van der Waals surface area contributed by atoms with Gasteiger partial charge in [0.15, 0.2) is 0 Å². The van der Waals surface area contributed by atoms with Gasteiger partial charge in [-0.1, -0.05) is 30.3 Å². The number of carbonyl (C=O) groups is 2. The molecule has 0 spiro atoms. The van der Waals surface area contributed by atoms with Crippen molar-refractivity contribution >= 4 is 29.3 Å². The molecule has 2 rings (SSSR count). The molecule has 126 valence electrons. The number of anilines is 1. The minimum Gasteiger partial charge on any atom is -0.349 e. The van der Waals surface area contributed by atoms with Crippen LogP contribution in [0.4, 0.5) is 10.1 Å². The monoisotopic (exact) mass is 346 g/mol. The molecule has 0 saturated carbocycles. The van der Waals surface area contributed by atoms with Crippen molar-refractivity contribution in [3.05, 3.63) is 66.0 Å². The SMILES string of the molecule is C[C@@H](NC(=O)CSCC(=O)Nc1ccc(F)cc1)c1ccccc1. The molecule has 1 atom stereocenters. The number of rotatable bonds is 7. The van der Waals surface area contributed by atoms with Crippen molar-refractivity contribution < 1.29 is 14.0 Å². The predicted octanol–water partition coefficient (Wildman–Crippen LogP) is 3.37. The Kier molecular flexibility index (Phi) is 6.81. The maximum Gasteiger partial charge on any atom is 0.234 e. The molecular formula is C18H19FN2O2S. The Morgan fingerprint density at radius 2 is 1.62 bits per heavy atom. The fraction of sp³-hybridized carbons (Fsp3) is 0.222. The topological polar surface area (TPSA) is 58.2 Å². The molecule has 0 aliphatic rings. The molecule has 6 heteroatoms. The van der Waals surface area contributed by atoms with Crippen molar-refractivity contribution in [3.63, 3.8) is 0 Å². The van der Waals surface area contributed by atoms with Crippen molar-refractivity contribution in [2.75, 3.05) is 16.8 Å². The van der Waals surface area contributed by atoms with E-state index in [1.54, 1.807) is 0 Å². The van der Waals surface area contributed by atoms with Gasteiger partial charge in [-0.2, -0.15) is 0 Å². The van der Waals surface area contributed by atoms with Crippen LogP contribution in [0, 0.1) is 5.82 Å². The van der Waals surface area contributed by atoms with E-state index in [1.165, 1.54) is 36.0 Å². The van der Waals surface area contributed by atoms with Crippen LogP contribution < -0.4 is 10.6 Å². The third-order valence-corrected chi connectivity index (χ3v) is 4.20. The molecule has 2 aromatic carbocycles. The summed E-state index contributed by atoms with van der Waals surface area (Å²) in [4.78, 5) is 23.7. The highest BCUT2D eigenvalue weighted by Gasteiger charge is 2.10. The smallest absolute Gasteiger partial charge is 0.234 e. The van der Waals surface area contributed by atoms with E-state index in [4.69, 9.17) is 0 Å². The number of carbonyl (C=O) groups excluding carboxylic acids is 2. The Labute approximate surface area is 144 Å². The molecule has 2 amide bonds. The number of thioether (sulfide) groups is 1. The summed E-state index contributed by atoms with van der Waals surface area (Å²) in [5.41, 5.74) is 1.56. The van der Waals surface area contributed by atoms with Crippen LogP contribution in [0.1, 0.15) is 18.5 Å². The molecule has 24 heavy (non-hydrogen) atoms. The highest BCUT2D eigenvalue weighted by atomic mass is 32.2. The summed E-state index contributed by atoms with van der Waals surface area (Å²) in [5.74, 6) is -0.341. The summed E-state index contributed by atoms with van der Waals surface area (Å²) >= 11 is 1.23. The van der Waals surface area contributed by atoms with E-state index in [2.05, 4.69) is 10.6 Å². The molecule has 0 radical (unpaired) electrons. The lowest BCUT2D eigenvalue weighted by Crippen LogP contribution is -2.28. The predicted molar refractivity (Wildman–Crippen MR) is 95.4 cm³/mol. The molecule has 4 nitrogen and oxygen atoms in total. The van der Waals surface area contributed by atoms with Gasteiger partial charge in [-0.05, 0) is 36.8 Å². The van der Waals surface area contributed by atoms with Crippen molar-refractivity contribution in [2.45, 2.75) is 13.0 Å². The quantitative estimate of drug-likeness (QED) is 0.808. The fourth-order valence-electron chi connectivity index (χ4n) is 2.07. The van der Waals surface area contributed by atoms with Crippen molar-refractivity contribution in [1.82, 2.24) is 5.32 Å². The van der Waals surface area contributed by atoms with Gasteiger partial charge in [-0.25, -0.2) is 4.39 Å². The van der Waals surface area contributed by atoms with Crippen molar-refractivity contribution in [2.24, 2.45) is 0 Å². The molecule has 0 aromatic heterocycles. The molecule has 2 N–H and O–H groups in total. The highest BCUT2D eigenvalue weighted by molar-refractivity contribution is 8.00. The Morgan fingerprint density at radius 1 is 1.00 bits per heavy atom. The van der Waals surface area contributed by atoms with Crippen LogP contribution in [-0.2, 0) is 9.59 Å². The lowest BCUT2D eigenvalue weighted by Gasteiger charge is -2.14. The Balaban J connectivity index is 1.68. The molecule has 0 bridgehead atoms. The number of hydrogen-bond acceptors (Lipinski definition) is 3. The zero-order valence-corrected chi connectivity index (χ0v) is 14.1. The first-order valence-corrected chi connectivity index (χ1v) is 8.67. The van der Waals surface area contributed by atoms with Gasteiger partial charge in [-0.15, -0.1) is 11.8 Å². The van der Waals surface area contributed by atoms with Crippen molar-refractivity contribution in [1.29, 1.82) is 0 Å². The van der Waals surface area contributed by atoms with E-state index in [1.807, 2.05) is 37.3 Å². The average Bonchev–Trinajstić information content (AvgIpc) is 2.57. The summed E-state index contributed by atoms with van der Waals surface area (Å²) in [6.45, 7) is 1.92. The van der Waals surface area contributed by atoms with Crippen LogP contribution in [0.2, 0.25) is 0 Å². The largest absolute Gasteiger partial charge is 0.349 e. The number of nitrogens with one attached hydrogen (secondary N) is 2. The summed E-state index contributed by atoms with van der Waals surface area (Å²) in [6.07, 6.45) is 0. The first-order valence-electron chi connectivity index (χ1n) is 7.52. The second kappa shape index (κ2) is 9.08. The Morgan fingerprint density at radius 3 is 2.29 bits per heavy atom. The van der Waals surface area contributed by atoms with Crippen LogP contribution >= 0.6 is 11.8 Å². The van der Waals surface area contributed by atoms with Crippen LogP contribution in [0.3, 0.4) is 0 Å². The molecule has 0 fully saturated rings. The molecule has 0 saturated heterocycles. The van der Waals surface area contributed by atoms with Crippen LogP contribution in [-0.4, -0.2) is 23.3 Å². The van der Waals surface area contributed by atoms with Crippen LogP contribution in [0.15, 0.2) is 54.6 Å². The average molecular weight is 346 g/mol. The molecule has 0 unspecified atom stereocenters. The van der Waals surface area contributed by atoms with Crippen LogP contribution in [0.25, 0.3) is 0 Å². The van der Waals surface area contributed by atoms with Gasteiger partial charge in [0.25, 0.3) is 0 Å². The van der Waals surface area contributed by atoms with Gasteiger partial charge in [0.2, 0.25) is 11.8 Å². The van der Waals surface area contributed by atoms with Gasteiger partial charge in [0.1, 0.15) is 5.82 Å². The first kappa shape index (κ1) is 18.0. The number of amides is 2. The third kappa shape index (κ3) is 6.04. The van der Waals surface area contributed by atoms with E-state index in [0.717, 1.165) is 5.56 Å². The van der Waals surface area contributed by atoms with E-state index in [-0.39, 0.29) is 35.2 Å². The minimum atomic E-state index is -0.355. The molecule has 2 aromatic rings. The van der Waals surface area contributed by atoms with E-state index < -0.39 is 0 Å². The zero-order valence-electron chi connectivity index (χ0n) is 13.3. The summed E-state index contributed by atoms with van der Waals surface area (Å²) in [7, 11) is 0. The lowest BCUT2D eigenvalue weighted by molar-refractivity contribution is -0.119. The summed E-state index contributed by atoms with van der Waals surface area (Å²) in [6, 6.07) is 15.1. The summed E-state index contributed by atoms with van der Waals surface area (Å²) in [5, 5.41) is 5.54. The Hall–Kier alpha value is -2.34. The van der Waals surface area contributed by atoms with E-state index >= 15 is 0 Å². The third-order valence-electron chi connectivity index (χ3n) is 3.27. The van der Waals surface area contributed by atoms with Gasteiger partial charge < -0.3 is 10.6 Å². The lowest BCUT2D eigenvalue weighted by atomic mass is 10.1. The summed E-state index contributed by atoms with van der Waals surface area (Å²) < 4.78 is 12.8. The number of halogens is 1. The van der Waals surface area contributed by atoms with E-state index in [9.17, 15) is 14.0 Å². The number of benzene rings is 2. The maximum atomic E-state index is 12.8. The van der Waals surface area contributed by atoms with Crippen molar-refractivity contribution in [3.8, 4) is 0 Å². The first-order chi connectivity index (χ1) is 11.5.